The highest BCUT2D eigenvalue weighted by Crippen LogP contribution is 2.30. The van der Waals surface area contributed by atoms with Gasteiger partial charge < -0.3 is 9.84 Å². The number of hydrogen-bond donors (Lipinski definition) is 1. The van der Waals surface area contributed by atoms with Gasteiger partial charge in [-0.1, -0.05) is 43.2 Å². The normalized spacial score (nSPS) is 11.1. The molecule has 4 rings (SSSR count). The number of hydrogen-bond acceptors (Lipinski definition) is 5. The molecule has 0 spiro atoms. The van der Waals surface area contributed by atoms with Crippen molar-refractivity contribution in [3.05, 3.63) is 60.3 Å². The molecule has 4 aromatic rings. The van der Waals surface area contributed by atoms with Gasteiger partial charge >= 0.3 is 5.97 Å². The van der Waals surface area contributed by atoms with Crippen molar-refractivity contribution in [3.8, 4) is 27.6 Å². The largest absolute Gasteiger partial charge is 0.494 e. The highest BCUT2D eigenvalue weighted by molar-refractivity contribution is 7.19. The third-order valence-electron chi connectivity index (χ3n) is 4.63. The van der Waals surface area contributed by atoms with Gasteiger partial charge in [0.1, 0.15) is 10.8 Å². The maximum absolute atomic E-state index is 11.0. The summed E-state index contributed by atoms with van der Waals surface area (Å²) in [5, 5.41) is 14.6. The smallest absolute Gasteiger partial charge is 0.335 e. The highest BCUT2D eigenvalue weighted by atomic mass is 32.1. The Kier molecular flexibility index (Phi) is 5.57. The van der Waals surface area contributed by atoms with E-state index in [9.17, 15) is 4.79 Å². The van der Waals surface area contributed by atoms with Crippen LogP contribution in [-0.4, -0.2) is 32.3 Å². The zero-order valence-corrected chi connectivity index (χ0v) is 16.9. The first-order valence-corrected chi connectivity index (χ1v) is 10.4. The number of carbonyl (C=O) groups is 1. The van der Waals surface area contributed by atoms with E-state index in [0.717, 1.165) is 45.6 Å². The zero-order chi connectivity index (χ0) is 20.2. The number of ether oxygens (including phenoxy) is 1. The fraction of sp³-hybridized carbons (Fsp3) is 0.227. The van der Waals surface area contributed by atoms with E-state index in [1.807, 2.05) is 24.3 Å². The van der Waals surface area contributed by atoms with E-state index in [1.165, 1.54) is 24.2 Å². The molecular weight excluding hydrogens is 386 g/mol. The van der Waals surface area contributed by atoms with E-state index in [-0.39, 0.29) is 5.56 Å². The third-order valence-corrected chi connectivity index (χ3v) is 5.60. The van der Waals surface area contributed by atoms with Crippen molar-refractivity contribution in [3.63, 3.8) is 0 Å². The van der Waals surface area contributed by atoms with Crippen molar-refractivity contribution in [2.24, 2.45) is 0 Å². The average Bonchev–Trinajstić information content (AvgIpc) is 3.33. The van der Waals surface area contributed by atoms with Crippen LogP contribution in [0.25, 0.3) is 26.8 Å². The number of aromatic carboxylic acids is 1. The second kappa shape index (κ2) is 8.45. The lowest BCUT2D eigenvalue weighted by molar-refractivity contribution is 0.0697. The highest BCUT2D eigenvalue weighted by Gasteiger charge is 2.13. The molecule has 0 bridgehead atoms. The van der Waals surface area contributed by atoms with Crippen LogP contribution in [0.3, 0.4) is 0 Å². The van der Waals surface area contributed by atoms with Gasteiger partial charge in [0, 0.05) is 11.1 Å². The van der Waals surface area contributed by atoms with E-state index >= 15 is 0 Å². The molecule has 29 heavy (non-hydrogen) atoms. The van der Waals surface area contributed by atoms with Crippen molar-refractivity contribution in [1.29, 1.82) is 0 Å². The number of aromatic nitrogens is 3. The standard InChI is InChI=1S/C22H21N3O3S/c1-2-3-4-13-28-18-11-9-16(10-12-18)20-24-25-19(14-23-22(25)29-20)15-5-7-17(8-6-15)21(26)27/h5-12,14H,2-4,13H2,1H3,(H,26,27). The van der Waals surface area contributed by atoms with Crippen molar-refractivity contribution in [2.75, 3.05) is 6.61 Å². The Morgan fingerprint density at radius 1 is 1.07 bits per heavy atom. The Morgan fingerprint density at radius 3 is 2.48 bits per heavy atom. The maximum Gasteiger partial charge on any atom is 0.335 e. The molecule has 2 heterocycles. The quantitative estimate of drug-likeness (QED) is 0.396. The molecule has 0 radical (unpaired) electrons. The summed E-state index contributed by atoms with van der Waals surface area (Å²) in [5.41, 5.74) is 2.96. The number of carboxylic acid groups (broad SMARTS) is 1. The summed E-state index contributed by atoms with van der Waals surface area (Å²) >= 11 is 1.51. The topological polar surface area (TPSA) is 76.7 Å². The van der Waals surface area contributed by atoms with Gasteiger partial charge in [0.15, 0.2) is 0 Å². The molecule has 0 saturated carbocycles. The molecule has 0 unspecified atom stereocenters. The summed E-state index contributed by atoms with van der Waals surface area (Å²) in [5.74, 6) is -0.0749. The minimum atomic E-state index is -0.941. The van der Waals surface area contributed by atoms with Crippen LogP contribution in [0, 0.1) is 0 Å². The number of imidazole rings is 1. The lowest BCUT2D eigenvalue weighted by Crippen LogP contribution is -1.96. The lowest BCUT2D eigenvalue weighted by atomic mass is 10.1. The van der Waals surface area contributed by atoms with E-state index in [2.05, 4.69) is 11.9 Å². The van der Waals surface area contributed by atoms with E-state index in [0.29, 0.717) is 0 Å². The summed E-state index contributed by atoms with van der Waals surface area (Å²) in [6.07, 6.45) is 5.18. The summed E-state index contributed by atoms with van der Waals surface area (Å²) in [4.78, 5) is 16.3. The van der Waals surface area contributed by atoms with Gasteiger partial charge in [-0.05, 0) is 42.8 Å². The number of fused-ring (bicyclic) bond motifs is 1. The van der Waals surface area contributed by atoms with Gasteiger partial charge in [0.05, 0.1) is 24.1 Å². The van der Waals surface area contributed by atoms with Gasteiger partial charge in [0.25, 0.3) is 0 Å². The summed E-state index contributed by atoms with van der Waals surface area (Å²) < 4.78 is 7.57. The number of rotatable bonds is 8. The fourth-order valence-electron chi connectivity index (χ4n) is 3.03. The van der Waals surface area contributed by atoms with Crippen LogP contribution < -0.4 is 4.74 Å². The molecule has 1 N–H and O–H groups in total. The molecule has 0 saturated heterocycles. The van der Waals surface area contributed by atoms with Gasteiger partial charge in [-0.3, -0.25) is 0 Å². The monoisotopic (exact) mass is 407 g/mol. The van der Waals surface area contributed by atoms with Crippen molar-refractivity contribution in [2.45, 2.75) is 26.2 Å². The molecule has 6 nitrogen and oxygen atoms in total. The Balaban J connectivity index is 1.54. The predicted octanol–water partition coefficient (Wildman–Crippen LogP) is 5.39. The molecule has 0 aliphatic rings. The van der Waals surface area contributed by atoms with Crippen LogP contribution in [0.2, 0.25) is 0 Å². The van der Waals surface area contributed by atoms with Crippen LogP contribution in [0.1, 0.15) is 36.5 Å². The average molecular weight is 407 g/mol. The SMILES string of the molecule is CCCCCOc1ccc(-c2nn3c(-c4ccc(C(=O)O)cc4)cnc3s2)cc1. The molecular formula is C22H21N3O3S. The van der Waals surface area contributed by atoms with Crippen molar-refractivity contribution in [1.82, 2.24) is 14.6 Å². The van der Waals surface area contributed by atoms with Gasteiger partial charge in [-0.15, -0.1) is 0 Å². The minimum Gasteiger partial charge on any atom is -0.494 e. The van der Waals surface area contributed by atoms with Crippen LogP contribution >= 0.6 is 11.3 Å². The van der Waals surface area contributed by atoms with E-state index < -0.39 is 5.97 Å². The molecule has 0 aliphatic carbocycles. The third kappa shape index (κ3) is 4.14. The second-order valence-corrected chi connectivity index (χ2v) is 7.66. The van der Waals surface area contributed by atoms with Crippen LogP contribution in [0.5, 0.6) is 5.75 Å². The summed E-state index contributed by atoms with van der Waals surface area (Å²) in [7, 11) is 0. The molecule has 0 fully saturated rings. The van der Waals surface area contributed by atoms with E-state index in [1.54, 1.807) is 35.0 Å². The Labute approximate surface area is 172 Å². The van der Waals surface area contributed by atoms with Gasteiger partial charge in [0.2, 0.25) is 4.96 Å². The molecule has 0 atom stereocenters. The van der Waals surface area contributed by atoms with Crippen LogP contribution in [0.4, 0.5) is 0 Å². The minimum absolute atomic E-state index is 0.255. The van der Waals surface area contributed by atoms with Gasteiger partial charge in [-0.2, -0.15) is 5.10 Å². The summed E-state index contributed by atoms with van der Waals surface area (Å²) in [6.45, 7) is 2.92. The van der Waals surface area contributed by atoms with Crippen LogP contribution in [0.15, 0.2) is 54.7 Å². The van der Waals surface area contributed by atoms with Crippen LogP contribution in [-0.2, 0) is 0 Å². The number of carboxylic acids is 1. The van der Waals surface area contributed by atoms with Crippen molar-refractivity contribution >= 4 is 22.3 Å². The molecule has 7 heteroatoms. The summed E-state index contributed by atoms with van der Waals surface area (Å²) in [6, 6.07) is 14.7. The first-order chi connectivity index (χ1) is 14.2. The van der Waals surface area contributed by atoms with Gasteiger partial charge in [-0.25, -0.2) is 14.3 Å². The first-order valence-electron chi connectivity index (χ1n) is 9.57. The fourth-order valence-corrected chi connectivity index (χ4v) is 3.91. The first kappa shape index (κ1) is 19.1. The molecule has 148 valence electrons. The lowest BCUT2D eigenvalue weighted by Gasteiger charge is -2.05. The number of benzene rings is 2. The maximum atomic E-state index is 11.0. The molecule has 2 aromatic carbocycles. The van der Waals surface area contributed by atoms with E-state index in [4.69, 9.17) is 14.9 Å². The predicted molar refractivity (Wildman–Crippen MR) is 114 cm³/mol. The molecule has 2 aromatic heterocycles. The molecule has 0 aliphatic heterocycles. The molecule has 0 amide bonds. The Morgan fingerprint density at radius 2 is 1.79 bits per heavy atom. The van der Waals surface area contributed by atoms with Crippen molar-refractivity contribution < 1.29 is 14.6 Å². The number of unbranched alkanes of at least 4 members (excludes halogenated alkanes) is 2. The Bertz CT molecular complexity index is 1110. The zero-order valence-electron chi connectivity index (χ0n) is 16.0. The Hall–Kier alpha value is -3.19. The second-order valence-electron chi connectivity index (χ2n) is 6.71. The number of nitrogens with zero attached hydrogens (tertiary/aromatic N) is 3.